The number of fused-ring (bicyclic) bond motifs is 2. The Kier molecular flexibility index (Phi) is 8.07. The van der Waals surface area contributed by atoms with Crippen molar-refractivity contribution in [1.29, 1.82) is 0 Å². The minimum atomic E-state index is -0.533. The van der Waals surface area contributed by atoms with E-state index in [-0.39, 0.29) is 30.8 Å². The molecule has 46 heavy (non-hydrogen) atoms. The summed E-state index contributed by atoms with van der Waals surface area (Å²) in [6, 6.07) is 29.4. The average molecular weight is 617 g/mol. The Morgan fingerprint density at radius 3 is 2.24 bits per heavy atom. The smallest absolute Gasteiger partial charge is 0.324 e. The molecule has 0 atom stereocenters. The Labute approximate surface area is 266 Å². The van der Waals surface area contributed by atoms with Gasteiger partial charge in [0, 0.05) is 50.4 Å². The van der Waals surface area contributed by atoms with Gasteiger partial charge in [0.05, 0.1) is 24.5 Å². The zero-order valence-electron chi connectivity index (χ0n) is 25.4. The summed E-state index contributed by atoms with van der Waals surface area (Å²) in [5.74, 6) is -0.215. The average Bonchev–Trinajstić information content (AvgIpc) is 3.42. The van der Waals surface area contributed by atoms with E-state index in [2.05, 4.69) is 0 Å². The molecule has 2 aliphatic heterocycles. The predicted molar refractivity (Wildman–Crippen MR) is 173 cm³/mol. The number of rotatable bonds is 7. The van der Waals surface area contributed by atoms with Gasteiger partial charge in [0.25, 0.3) is 5.91 Å². The first-order chi connectivity index (χ1) is 22.5. The van der Waals surface area contributed by atoms with Crippen LogP contribution in [-0.2, 0) is 17.8 Å². The van der Waals surface area contributed by atoms with Crippen molar-refractivity contribution in [3.8, 4) is 5.75 Å². The molecule has 0 N–H and O–H groups in total. The van der Waals surface area contributed by atoms with Crippen LogP contribution >= 0.6 is 0 Å². The number of ether oxygens (including phenoxy) is 2. The Morgan fingerprint density at radius 1 is 0.935 bits per heavy atom. The molecule has 0 unspecified atom stereocenters. The van der Waals surface area contributed by atoms with Crippen molar-refractivity contribution in [3.05, 3.63) is 137 Å². The first-order valence-electron chi connectivity index (χ1n) is 15.3. The van der Waals surface area contributed by atoms with Crippen LogP contribution in [0.3, 0.4) is 0 Å². The fourth-order valence-electron chi connectivity index (χ4n) is 6.31. The summed E-state index contributed by atoms with van der Waals surface area (Å²) in [7, 11) is 1.74. The fourth-order valence-corrected chi connectivity index (χ4v) is 6.31. The van der Waals surface area contributed by atoms with Crippen molar-refractivity contribution in [2.75, 3.05) is 38.3 Å². The van der Waals surface area contributed by atoms with E-state index in [1.54, 1.807) is 40.1 Å². The van der Waals surface area contributed by atoms with Crippen molar-refractivity contribution >= 4 is 28.5 Å². The van der Waals surface area contributed by atoms with Crippen LogP contribution in [0.25, 0.3) is 10.9 Å². The van der Waals surface area contributed by atoms with E-state index in [9.17, 15) is 14.0 Å². The molecule has 8 nitrogen and oxygen atoms in total. The summed E-state index contributed by atoms with van der Waals surface area (Å²) >= 11 is 0. The summed E-state index contributed by atoms with van der Waals surface area (Å²) < 4.78 is 26.2. The van der Waals surface area contributed by atoms with Crippen LogP contribution in [0.1, 0.15) is 38.7 Å². The van der Waals surface area contributed by atoms with Gasteiger partial charge in [-0.1, -0.05) is 72.8 Å². The van der Waals surface area contributed by atoms with E-state index in [0.717, 1.165) is 16.7 Å². The van der Waals surface area contributed by atoms with E-state index >= 15 is 0 Å². The molecule has 4 aromatic carbocycles. The number of urea groups is 1. The number of amides is 3. The summed E-state index contributed by atoms with van der Waals surface area (Å²) in [6.45, 7) is 2.40. The molecule has 0 aliphatic carbocycles. The number of carbonyl (C=O) groups is 2. The zero-order valence-corrected chi connectivity index (χ0v) is 25.4. The quantitative estimate of drug-likeness (QED) is 0.206. The van der Waals surface area contributed by atoms with Gasteiger partial charge in [0.2, 0.25) is 0 Å². The Hall–Kier alpha value is -5.28. The predicted octanol–water partition coefficient (Wildman–Crippen LogP) is 6.59. The van der Waals surface area contributed by atoms with Crippen LogP contribution in [0.2, 0.25) is 0 Å². The lowest BCUT2D eigenvalue weighted by atomic mass is 9.98. The molecule has 0 saturated carbocycles. The molecular weight excluding hydrogens is 583 g/mol. The maximum Gasteiger partial charge on any atom is 0.324 e. The van der Waals surface area contributed by atoms with Gasteiger partial charge in [-0.15, -0.1) is 0 Å². The molecule has 0 bridgehead atoms. The molecule has 0 radical (unpaired) electrons. The van der Waals surface area contributed by atoms with Crippen LogP contribution < -0.4 is 9.64 Å². The number of hydrogen-bond acceptors (Lipinski definition) is 5. The van der Waals surface area contributed by atoms with Gasteiger partial charge in [-0.2, -0.15) is 0 Å². The van der Waals surface area contributed by atoms with Crippen LogP contribution in [-0.4, -0.2) is 60.1 Å². The molecule has 9 heteroatoms. The van der Waals surface area contributed by atoms with Gasteiger partial charge < -0.3 is 19.3 Å². The highest BCUT2D eigenvalue weighted by molar-refractivity contribution is 6.14. The minimum absolute atomic E-state index is 0.180. The van der Waals surface area contributed by atoms with Crippen LogP contribution in [0.5, 0.6) is 5.75 Å². The fraction of sp³-hybridized carbons (Fsp3) is 0.216. The van der Waals surface area contributed by atoms with E-state index < -0.39 is 6.10 Å². The van der Waals surface area contributed by atoms with Crippen molar-refractivity contribution in [3.63, 3.8) is 0 Å². The normalized spacial score (nSPS) is 14.5. The van der Waals surface area contributed by atoms with Crippen molar-refractivity contribution in [2.24, 2.45) is 0 Å². The molecule has 3 amide bonds. The zero-order chi connectivity index (χ0) is 31.6. The van der Waals surface area contributed by atoms with Gasteiger partial charge in [-0.05, 0) is 41.0 Å². The maximum atomic E-state index is 14.4. The highest BCUT2D eigenvalue weighted by atomic mass is 19.1. The topological polar surface area (TPSA) is 75.2 Å². The number of aromatic nitrogens is 1. The summed E-state index contributed by atoms with van der Waals surface area (Å²) in [5.41, 5.74) is 4.80. The molecule has 1 fully saturated rings. The lowest BCUT2D eigenvalue weighted by molar-refractivity contribution is 0.0551. The molecular formula is C37H33FN4O4. The Morgan fingerprint density at radius 2 is 1.59 bits per heavy atom. The lowest BCUT2D eigenvalue weighted by Crippen LogP contribution is -2.47. The maximum absolute atomic E-state index is 14.4. The van der Waals surface area contributed by atoms with Crippen molar-refractivity contribution < 1.29 is 23.5 Å². The third-order valence-corrected chi connectivity index (χ3v) is 8.57. The molecule has 3 heterocycles. The largest absolute Gasteiger partial charge is 0.478 e. The van der Waals surface area contributed by atoms with E-state index in [1.165, 1.54) is 12.1 Å². The number of halogens is 1. The number of morpholine rings is 1. The first kappa shape index (κ1) is 29.4. The number of hydrogen-bond donors (Lipinski definition) is 0. The van der Waals surface area contributed by atoms with Gasteiger partial charge >= 0.3 is 6.03 Å². The van der Waals surface area contributed by atoms with Crippen LogP contribution in [0.4, 0.5) is 14.9 Å². The number of benzene rings is 4. The Bertz CT molecular complexity index is 1840. The SMILES string of the molecule is CN(C(=O)N1CCOCC1)c1c2c(c(OC(c3ccccc3)c3ccccc3)c3ncccc13)C(=O)N(Cc1ccc(F)cc1)C2. The van der Waals surface area contributed by atoms with E-state index in [4.69, 9.17) is 14.5 Å². The molecule has 0 spiro atoms. The summed E-state index contributed by atoms with van der Waals surface area (Å²) in [5, 5.41) is 0.705. The first-order valence-corrected chi connectivity index (χ1v) is 15.3. The lowest BCUT2D eigenvalue weighted by Gasteiger charge is -2.32. The van der Waals surface area contributed by atoms with Gasteiger partial charge in [0.1, 0.15) is 17.4 Å². The molecule has 1 saturated heterocycles. The Balaban J connectivity index is 1.40. The van der Waals surface area contributed by atoms with E-state index in [1.807, 2.05) is 72.8 Å². The van der Waals surface area contributed by atoms with Gasteiger partial charge in [-0.25, -0.2) is 9.18 Å². The van der Waals surface area contributed by atoms with Gasteiger partial charge in [0.15, 0.2) is 5.75 Å². The van der Waals surface area contributed by atoms with Crippen molar-refractivity contribution in [1.82, 2.24) is 14.8 Å². The standard InChI is InChI=1S/C37H33FN4O4/c1-40(37(44)41-19-21-45-22-20-41)33-29-13-8-18-39-32(29)35(46-34(26-9-4-2-5-10-26)27-11-6-3-7-12-27)31-30(33)24-42(36(31)43)23-25-14-16-28(38)17-15-25/h2-18,34H,19-24H2,1H3. The second-order valence-electron chi connectivity index (χ2n) is 11.5. The second-order valence-corrected chi connectivity index (χ2v) is 11.5. The third kappa shape index (κ3) is 5.54. The molecule has 7 rings (SSSR count). The second kappa shape index (κ2) is 12.6. The molecule has 1 aromatic heterocycles. The third-order valence-electron chi connectivity index (χ3n) is 8.57. The number of nitrogens with zero attached hydrogens (tertiary/aromatic N) is 4. The minimum Gasteiger partial charge on any atom is -0.478 e. The monoisotopic (exact) mass is 616 g/mol. The number of anilines is 1. The van der Waals surface area contributed by atoms with Crippen LogP contribution in [0, 0.1) is 5.82 Å². The summed E-state index contributed by atoms with van der Waals surface area (Å²) in [4.78, 5) is 38.2. The highest BCUT2D eigenvalue weighted by Gasteiger charge is 2.39. The van der Waals surface area contributed by atoms with Crippen LogP contribution in [0.15, 0.2) is 103 Å². The van der Waals surface area contributed by atoms with E-state index in [0.29, 0.717) is 59.8 Å². The molecule has 5 aromatic rings. The summed E-state index contributed by atoms with van der Waals surface area (Å²) in [6.07, 6.45) is 1.14. The highest BCUT2D eigenvalue weighted by Crippen LogP contribution is 2.46. The molecule has 2 aliphatic rings. The van der Waals surface area contributed by atoms with Crippen molar-refractivity contribution in [2.45, 2.75) is 19.2 Å². The number of carbonyl (C=O) groups excluding carboxylic acids is 2. The number of pyridine rings is 1. The molecule has 232 valence electrons. The van der Waals surface area contributed by atoms with Gasteiger partial charge in [-0.3, -0.25) is 14.7 Å².